The standard InChI is InChI=1S/C12H19NO2S/c1-9(2)11(5-6-14)13-12(15)8-10-4-3-7-16-10/h3-4,7,9,11,14H,5-6,8H2,1-2H3,(H,13,15). The molecule has 0 radical (unpaired) electrons. The zero-order chi connectivity index (χ0) is 12.0. The maximum atomic E-state index is 11.7. The van der Waals surface area contributed by atoms with Crippen LogP contribution in [0.25, 0.3) is 0 Å². The predicted molar refractivity (Wildman–Crippen MR) is 66.5 cm³/mol. The molecule has 0 spiro atoms. The number of nitrogens with one attached hydrogen (secondary N) is 1. The second kappa shape index (κ2) is 6.66. The van der Waals surface area contributed by atoms with E-state index < -0.39 is 0 Å². The van der Waals surface area contributed by atoms with Crippen LogP contribution in [0.4, 0.5) is 0 Å². The van der Waals surface area contributed by atoms with Crippen LogP contribution in [-0.2, 0) is 11.2 Å². The minimum atomic E-state index is 0.0367. The summed E-state index contributed by atoms with van der Waals surface area (Å²) in [4.78, 5) is 12.8. The van der Waals surface area contributed by atoms with Gasteiger partial charge in [0.15, 0.2) is 0 Å². The number of thiophene rings is 1. The Balaban J connectivity index is 2.42. The SMILES string of the molecule is CC(C)C(CCO)NC(=O)Cc1cccs1. The van der Waals surface area contributed by atoms with E-state index in [0.717, 1.165) is 4.88 Å². The molecule has 0 bridgehead atoms. The van der Waals surface area contributed by atoms with Gasteiger partial charge in [0.25, 0.3) is 0 Å². The Morgan fingerprint density at radius 1 is 1.56 bits per heavy atom. The lowest BCUT2D eigenvalue weighted by atomic mass is 10.0. The number of amides is 1. The maximum Gasteiger partial charge on any atom is 0.225 e. The Hall–Kier alpha value is -0.870. The molecule has 0 aliphatic heterocycles. The first kappa shape index (κ1) is 13.2. The Bertz CT molecular complexity index is 309. The Kier molecular flexibility index (Phi) is 5.49. The molecule has 0 fully saturated rings. The van der Waals surface area contributed by atoms with Gasteiger partial charge in [-0.3, -0.25) is 4.79 Å². The van der Waals surface area contributed by atoms with Gasteiger partial charge in [0, 0.05) is 17.5 Å². The summed E-state index contributed by atoms with van der Waals surface area (Å²) in [5.74, 6) is 0.383. The fraction of sp³-hybridized carbons (Fsp3) is 0.583. The van der Waals surface area contributed by atoms with Crippen LogP contribution in [0.2, 0.25) is 0 Å². The normalized spacial score (nSPS) is 12.8. The maximum absolute atomic E-state index is 11.7. The molecule has 0 aliphatic carbocycles. The van der Waals surface area contributed by atoms with Crippen LogP contribution in [0, 0.1) is 5.92 Å². The van der Waals surface area contributed by atoms with Gasteiger partial charge >= 0.3 is 0 Å². The van der Waals surface area contributed by atoms with Crippen molar-refractivity contribution in [3.63, 3.8) is 0 Å². The first-order valence-electron chi connectivity index (χ1n) is 5.56. The molecule has 0 aliphatic rings. The molecule has 16 heavy (non-hydrogen) atoms. The Morgan fingerprint density at radius 3 is 2.81 bits per heavy atom. The number of rotatable bonds is 6. The second-order valence-corrected chi connectivity index (χ2v) is 5.22. The minimum absolute atomic E-state index is 0.0367. The molecule has 90 valence electrons. The molecule has 3 nitrogen and oxygen atoms in total. The average molecular weight is 241 g/mol. The lowest BCUT2D eigenvalue weighted by Crippen LogP contribution is -2.39. The first-order valence-corrected chi connectivity index (χ1v) is 6.44. The highest BCUT2D eigenvalue weighted by Crippen LogP contribution is 2.10. The van der Waals surface area contributed by atoms with Crippen molar-refractivity contribution in [1.82, 2.24) is 5.32 Å². The third-order valence-corrected chi connectivity index (χ3v) is 3.38. The van der Waals surface area contributed by atoms with Crippen molar-refractivity contribution in [1.29, 1.82) is 0 Å². The summed E-state index contributed by atoms with van der Waals surface area (Å²) in [6, 6.07) is 3.97. The second-order valence-electron chi connectivity index (χ2n) is 4.19. The van der Waals surface area contributed by atoms with Gasteiger partial charge in [-0.15, -0.1) is 11.3 Å². The summed E-state index contributed by atoms with van der Waals surface area (Å²) < 4.78 is 0. The van der Waals surface area contributed by atoms with Crippen LogP contribution in [0.1, 0.15) is 25.1 Å². The van der Waals surface area contributed by atoms with Gasteiger partial charge < -0.3 is 10.4 Å². The van der Waals surface area contributed by atoms with E-state index in [2.05, 4.69) is 5.32 Å². The number of hydrogen-bond acceptors (Lipinski definition) is 3. The first-order chi connectivity index (χ1) is 7.63. The fourth-order valence-electron chi connectivity index (χ4n) is 1.54. The lowest BCUT2D eigenvalue weighted by molar-refractivity contribution is -0.121. The van der Waals surface area contributed by atoms with E-state index in [1.807, 2.05) is 31.4 Å². The predicted octanol–water partition coefficient (Wildman–Crippen LogP) is 1.81. The van der Waals surface area contributed by atoms with Crippen molar-refractivity contribution < 1.29 is 9.90 Å². The van der Waals surface area contributed by atoms with Crippen LogP contribution < -0.4 is 5.32 Å². The van der Waals surface area contributed by atoms with Gasteiger partial charge in [-0.1, -0.05) is 19.9 Å². The highest BCUT2D eigenvalue weighted by molar-refractivity contribution is 7.10. The molecule has 0 saturated carbocycles. The van der Waals surface area contributed by atoms with E-state index in [-0.39, 0.29) is 18.6 Å². The van der Waals surface area contributed by atoms with Crippen LogP contribution in [0.15, 0.2) is 17.5 Å². The quantitative estimate of drug-likeness (QED) is 0.798. The molecule has 1 aromatic rings. The zero-order valence-corrected chi connectivity index (χ0v) is 10.6. The summed E-state index contributed by atoms with van der Waals surface area (Å²) in [6.07, 6.45) is 1.06. The van der Waals surface area contributed by atoms with E-state index in [1.54, 1.807) is 11.3 Å². The van der Waals surface area contributed by atoms with Gasteiger partial charge in [-0.05, 0) is 23.8 Å². The Labute approximate surface area is 100 Å². The highest BCUT2D eigenvalue weighted by Gasteiger charge is 2.15. The van der Waals surface area contributed by atoms with Gasteiger partial charge in [-0.25, -0.2) is 0 Å². The van der Waals surface area contributed by atoms with Crippen molar-refractivity contribution in [3.8, 4) is 0 Å². The van der Waals surface area contributed by atoms with Crippen molar-refractivity contribution in [2.45, 2.75) is 32.7 Å². The molecule has 1 unspecified atom stereocenters. The van der Waals surface area contributed by atoms with Crippen LogP contribution in [0.5, 0.6) is 0 Å². The minimum Gasteiger partial charge on any atom is -0.396 e. The molecule has 0 saturated heterocycles. The highest BCUT2D eigenvalue weighted by atomic mass is 32.1. The van der Waals surface area contributed by atoms with Crippen molar-refractivity contribution in [2.75, 3.05) is 6.61 Å². The Morgan fingerprint density at radius 2 is 2.31 bits per heavy atom. The van der Waals surface area contributed by atoms with E-state index in [0.29, 0.717) is 18.8 Å². The topological polar surface area (TPSA) is 49.3 Å². The summed E-state index contributed by atoms with van der Waals surface area (Å²) in [7, 11) is 0. The van der Waals surface area contributed by atoms with Crippen molar-refractivity contribution >= 4 is 17.2 Å². The number of hydrogen-bond donors (Lipinski definition) is 2. The molecule has 1 aromatic heterocycles. The van der Waals surface area contributed by atoms with E-state index >= 15 is 0 Å². The van der Waals surface area contributed by atoms with Crippen molar-refractivity contribution in [2.24, 2.45) is 5.92 Å². The molecule has 0 aromatic carbocycles. The molecular formula is C12H19NO2S. The van der Waals surface area contributed by atoms with E-state index in [9.17, 15) is 4.79 Å². The van der Waals surface area contributed by atoms with Crippen LogP contribution >= 0.6 is 11.3 Å². The van der Waals surface area contributed by atoms with Gasteiger partial charge in [0.2, 0.25) is 5.91 Å². The van der Waals surface area contributed by atoms with Gasteiger partial charge in [0.05, 0.1) is 6.42 Å². The summed E-state index contributed by atoms with van der Waals surface area (Å²) in [6.45, 7) is 4.21. The summed E-state index contributed by atoms with van der Waals surface area (Å²) >= 11 is 1.59. The summed E-state index contributed by atoms with van der Waals surface area (Å²) in [5, 5.41) is 13.8. The third-order valence-electron chi connectivity index (χ3n) is 2.51. The molecule has 1 rings (SSSR count). The largest absolute Gasteiger partial charge is 0.396 e. The zero-order valence-electron chi connectivity index (χ0n) is 9.77. The number of aliphatic hydroxyl groups excluding tert-OH is 1. The molecule has 1 heterocycles. The van der Waals surface area contributed by atoms with Crippen molar-refractivity contribution in [3.05, 3.63) is 22.4 Å². The van der Waals surface area contributed by atoms with E-state index in [1.165, 1.54) is 0 Å². The van der Waals surface area contributed by atoms with Gasteiger partial charge in [0.1, 0.15) is 0 Å². The fourth-order valence-corrected chi connectivity index (χ4v) is 2.24. The third kappa shape index (κ3) is 4.33. The van der Waals surface area contributed by atoms with Gasteiger partial charge in [-0.2, -0.15) is 0 Å². The number of carbonyl (C=O) groups excluding carboxylic acids is 1. The number of carbonyl (C=O) groups is 1. The smallest absolute Gasteiger partial charge is 0.225 e. The molecule has 1 amide bonds. The van der Waals surface area contributed by atoms with Crippen LogP contribution in [0.3, 0.4) is 0 Å². The molecule has 1 atom stereocenters. The molecule has 2 N–H and O–H groups in total. The monoisotopic (exact) mass is 241 g/mol. The molecular weight excluding hydrogens is 222 g/mol. The number of aliphatic hydroxyl groups is 1. The summed E-state index contributed by atoms with van der Waals surface area (Å²) in [5.41, 5.74) is 0. The van der Waals surface area contributed by atoms with E-state index in [4.69, 9.17) is 5.11 Å². The average Bonchev–Trinajstić information content (AvgIpc) is 2.69. The van der Waals surface area contributed by atoms with Crippen LogP contribution in [-0.4, -0.2) is 23.7 Å². The lowest BCUT2D eigenvalue weighted by Gasteiger charge is -2.21. The molecule has 4 heteroatoms.